The van der Waals surface area contributed by atoms with Crippen molar-refractivity contribution in [1.29, 1.82) is 0 Å². The summed E-state index contributed by atoms with van der Waals surface area (Å²) in [4.78, 5) is 7.18. The number of likely N-dealkylation sites (tertiary alicyclic amines) is 1. The van der Waals surface area contributed by atoms with Crippen molar-refractivity contribution < 1.29 is 8.42 Å². The molecule has 2 heterocycles. The molecular weight excluding hydrogens is 451 g/mol. The second-order valence-corrected chi connectivity index (χ2v) is 9.49. The Balaban J connectivity index is 0.00000312. The van der Waals surface area contributed by atoms with E-state index in [9.17, 15) is 8.42 Å². The van der Waals surface area contributed by atoms with Crippen LogP contribution in [0.4, 0.5) is 0 Å². The summed E-state index contributed by atoms with van der Waals surface area (Å²) in [5.74, 6) is 2.11. The SMILES string of the molecule is CCNC(=NCCCCN1CCCC(C)C1)NC1CCS(=O)(=O)C1.I. The summed E-state index contributed by atoms with van der Waals surface area (Å²) in [5, 5.41) is 6.48. The van der Waals surface area contributed by atoms with E-state index in [1.807, 2.05) is 6.92 Å². The van der Waals surface area contributed by atoms with Gasteiger partial charge in [-0.25, -0.2) is 8.42 Å². The molecule has 0 spiro atoms. The molecule has 8 heteroatoms. The third kappa shape index (κ3) is 8.90. The lowest BCUT2D eigenvalue weighted by Gasteiger charge is -2.30. The van der Waals surface area contributed by atoms with E-state index >= 15 is 0 Å². The van der Waals surface area contributed by atoms with Gasteiger partial charge in [0.25, 0.3) is 0 Å². The molecule has 0 radical (unpaired) electrons. The fourth-order valence-electron chi connectivity index (χ4n) is 3.55. The van der Waals surface area contributed by atoms with Crippen molar-refractivity contribution in [3.8, 4) is 0 Å². The molecule has 0 aromatic heterocycles. The van der Waals surface area contributed by atoms with Crippen molar-refractivity contribution in [2.24, 2.45) is 10.9 Å². The van der Waals surface area contributed by atoms with E-state index in [0.29, 0.717) is 12.2 Å². The molecule has 25 heavy (non-hydrogen) atoms. The maximum absolute atomic E-state index is 11.5. The Labute approximate surface area is 170 Å². The number of halogens is 1. The number of unbranched alkanes of at least 4 members (excludes halogenated alkanes) is 1. The number of piperidine rings is 1. The summed E-state index contributed by atoms with van der Waals surface area (Å²) in [7, 11) is -2.85. The van der Waals surface area contributed by atoms with Crippen molar-refractivity contribution in [1.82, 2.24) is 15.5 Å². The largest absolute Gasteiger partial charge is 0.357 e. The number of hydrogen-bond acceptors (Lipinski definition) is 4. The van der Waals surface area contributed by atoms with Crippen molar-refractivity contribution in [2.45, 2.75) is 52.0 Å². The maximum atomic E-state index is 11.5. The Kier molecular flexibility index (Phi) is 10.6. The molecule has 2 aliphatic rings. The first-order valence-electron chi connectivity index (χ1n) is 9.46. The van der Waals surface area contributed by atoms with Crippen LogP contribution in [0.15, 0.2) is 4.99 Å². The zero-order chi connectivity index (χ0) is 17.4. The molecule has 0 bridgehead atoms. The van der Waals surface area contributed by atoms with E-state index in [4.69, 9.17) is 0 Å². The highest BCUT2D eigenvalue weighted by Crippen LogP contribution is 2.15. The van der Waals surface area contributed by atoms with Crippen LogP contribution in [-0.4, -0.2) is 69.5 Å². The molecule has 0 saturated carbocycles. The molecule has 0 amide bonds. The summed E-state index contributed by atoms with van der Waals surface area (Å²) in [6.07, 6.45) is 5.63. The van der Waals surface area contributed by atoms with Crippen LogP contribution in [0.5, 0.6) is 0 Å². The minimum atomic E-state index is -2.85. The highest BCUT2D eigenvalue weighted by atomic mass is 127. The van der Waals surface area contributed by atoms with Crippen molar-refractivity contribution in [3.63, 3.8) is 0 Å². The van der Waals surface area contributed by atoms with E-state index in [0.717, 1.165) is 31.4 Å². The Hall–Kier alpha value is -0.0900. The van der Waals surface area contributed by atoms with Crippen LogP contribution in [0.1, 0.15) is 46.0 Å². The van der Waals surface area contributed by atoms with Gasteiger partial charge in [0.2, 0.25) is 0 Å². The lowest BCUT2D eigenvalue weighted by atomic mass is 10.0. The molecule has 0 aliphatic carbocycles. The van der Waals surface area contributed by atoms with Gasteiger partial charge in [-0.15, -0.1) is 24.0 Å². The van der Waals surface area contributed by atoms with Gasteiger partial charge in [-0.2, -0.15) is 0 Å². The van der Waals surface area contributed by atoms with Gasteiger partial charge in [0.05, 0.1) is 11.5 Å². The van der Waals surface area contributed by atoms with E-state index < -0.39 is 9.84 Å². The Morgan fingerprint density at radius 3 is 2.72 bits per heavy atom. The van der Waals surface area contributed by atoms with Gasteiger partial charge in [-0.3, -0.25) is 4.99 Å². The topological polar surface area (TPSA) is 73.8 Å². The first-order valence-corrected chi connectivity index (χ1v) is 11.3. The third-order valence-corrected chi connectivity index (χ3v) is 6.58. The quantitative estimate of drug-likeness (QED) is 0.249. The van der Waals surface area contributed by atoms with Gasteiger partial charge in [-0.1, -0.05) is 6.92 Å². The van der Waals surface area contributed by atoms with E-state index in [1.54, 1.807) is 0 Å². The monoisotopic (exact) mass is 486 g/mol. The summed E-state index contributed by atoms with van der Waals surface area (Å²) < 4.78 is 23.1. The predicted octanol–water partition coefficient (Wildman–Crippen LogP) is 1.86. The first-order chi connectivity index (χ1) is 11.5. The maximum Gasteiger partial charge on any atom is 0.191 e. The predicted molar refractivity (Wildman–Crippen MR) is 116 cm³/mol. The van der Waals surface area contributed by atoms with Crippen LogP contribution in [0.3, 0.4) is 0 Å². The number of sulfone groups is 1. The van der Waals surface area contributed by atoms with Crippen molar-refractivity contribution in [2.75, 3.05) is 44.2 Å². The molecule has 2 unspecified atom stereocenters. The summed E-state index contributed by atoms with van der Waals surface area (Å²) in [6, 6.07) is 0.00244. The molecule has 6 nitrogen and oxygen atoms in total. The van der Waals surface area contributed by atoms with E-state index in [-0.39, 0.29) is 35.8 Å². The molecular formula is C17H35IN4O2S. The van der Waals surface area contributed by atoms with E-state index in [1.165, 1.54) is 38.9 Å². The van der Waals surface area contributed by atoms with Crippen molar-refractivity contribution in [3.05, 3.63) is 0 Å². The van der Waals surface area contributed by atoms with Crippen LogP contribution >= 0.6 is 24.0 Å². The van der Waals surface area contributed by atoms with Crippen molar-refractivity contribution >= 4 is 39.8 Å². The van der Waals surface area contributed by atoms with Crippen LogP contribution in [0.25, 0.3) is 0 Å². The molecule has 2 aliphatic heterocycles. The number of guanidine groups is 1. The Morgan fingerprint density at radius 2 is 2.08 bits per heavy atom. The van der Waals surface area contributed by atoms with Crippen LogP contribution in [-0.2, 0) is 9.84 Å². The zero-order valence-corrected chi connectivity index (χ0v) is 18.8. The highest BCUT2D eigenvalue weighted by Gasteiger charge is 2.28. The summed E-state index contributed by atoms with van der Waals surface area (Å²) in [6.45, 7) is 9.60. The number of rotatable bonds is 7. The molecule has 0 aromatic carbocycles. The lowest BCUT2D eigenvalue weighted by molar-refractivity contribution is 0.181. The molecule has 0 aromatic rings. The van der Waals surface area contributed by atoms with Gasteiger partial charge < -0.3 is 15.5 Å². The first kappa shape index (κ1) is 23.0. The molecule has 2 rings (SSSR count). The van der Waals surface area contributed by atoms with Gasteiger partial charge >= 0.3 is 0 Å². The second-order valence-electron chi connectivity index (χ2n) is 7.26. The minimum Gasteiger partial charge on any atom is -0.357 e. The lowest BCUT2D eigenvalue weighted by Crippen LogP contribution is -2.44. The Morgan fingerprint density at radius 1 is 1.28 bits per heavy atom. The third-order valence-electron chi connectivity index (χ3n) is 4.81. The van der Waals surface area contributed by atoms with Gasteiger partial charge in [-0.05, 0) is 58.0 Å². The number of nitrogens with one attached hydrogen (secondary N) is 2. The smallest absolute Gasteiger partial charge is 0.191 e. The average Bonchev–Trinajstić information content (AvgIpc) is 2.86. The van der Waals surface area contributed by atoms with E-state index in [2.05, 4.69) is 27.4 Å². The summed E-state index contributed by atoms with van der Waals surface area (Å²) >= 11 is 0. The number of aliphatic imine (C=N–C) groups is 1. The van der Waals surface area contributed by atoms with Gasteiger partial charge in [0.15, 0.2) is 15.8 Å². The van der Waals surface area contributed by atoms with Gasteiger partial charge in [0, 0.05) is 25.7 Å². The van der Waals surface area contributed by atoms with Crippen LogP contribution in [0.2, 0.25) is 0 Å². The highest BCUT2D eigenvalue weighted by molar-refractivity contribution is 14.0. The van der Waals surface area contributed by atoms with Crippen LogP contribution < -0.4 is 10.6 Å². The fraction of sp³-hybridized carbons (Fsp3) is 0.941. The number of hydrogen-bond donors (Lipinski definition) is 2. The molecule has 2 N–H and O–H groups in total. The molecule has 2 saturated heterocycles. The summed E-state index contributed by atoms with van der Waals surface area (Å²) in [5.41, 5.74) is 0. The normalized spacial score (nSPS) is 26.9. The molecule has 2 fully saturated rings. The molecule has 2 atom stereocenters. The van der Waals surface area contributed by atoms with Crippen LogP contribution in [0, 0.1) is 5.92 Å². The second kappa shape index (κ2) is 11.6. The standard InChI is InChI=1S/C17H34N4O2S.HI/c1-3-18-17(20-16-8-12-24(22,23)14-16)19-9-4-5-10-21-11-6-7-15(2)13-21;/h15-16H,3-14H2,1-2H3,(H2,18,19,20);1H. The average molecular weight is 486 g/mol. The Bertz CT molecular complexity index is 513. The number of nitrogens with zero attached hydrogens (tertiary/aromatic N) is 2. The van der Waals surface area contributed by atoms with Gasteiger partial charge in [0.1, 0.15) is 0 Å². The molecule has 148 valence electrons. The zero-order valence-electron chi connectivity index (χ0n) is 15.7. The minimum absolute atomic E-state index is 0. The fourth-order valence-corrected chi connectivity index (χ4v) is 5.22.